The molecule has 15 heteroatoms. The van der Waals surface area contributed by atoms with Gasteiger partial charge in [0.2, 0.25) is 17.7 Å². The second-order valence-electron chi connectivity index (χ2n) is 11.1. The van der Waals surface area contributed by atoms with E-state index in [-0.39, 0.29) is 49.2 Å². The van der Waals surface area contributed by atoms with Gasteiger partial charge in [0.05, 0.1) is 11.6 Å². The first-order valence-corrected chi connectivity index (χ1v) is 14.8. The number of carbonyl (C=O) groups is 2. The number of hydrogen-bond acceptors (Lipinski definition) is 5. The van der Waals surface area contributed by atoms with E-state index in [2.05, 4.69) is 15.6 Å². The van der Waals surface area contributed by atoms with Gasteiger partial charge in [-0.05, 0) is 62.6 Å². The van der Waals surface area contributed by atoms with Gasteiger partial charge in [0.25, 0.3) is 0 Å². The standard InChI is InChI=1S/C26H31F7N4O3S/c1-16-9-12-34-14-20(16)22(23(38)36-17-7-10-26(27,28)11-8-17)37(24(39)21-13-25(2,40)15-35-21)18-3-5-19(6-4-18)41(29,30,31,32)33/h3-6,9,12,14,17,21-22,35,40H,7-8,10-11,13,15H2,1-2H3,(H,36,38)/t21-,22?,25-/m1/s1. The molecule has 0 bridgehead atoms. The highest BCUT2D eigenvalue weighted by molar-refractivity contribution is 8.45. The molecule has 2 heterocycles. The lowest BCUT2D eigenvalue weighted by Crippen LogP contribution is -2.52. The number of aryl methyl sites for hydroxylation is 1. The minimum absolute atomic E-state index is 0.000526. The number of anilines is 1. The zero-order valence-electron chi connectivity index (χ0n) is 22.2. The Morgan fingerprint density at radius 3 is 2.22 bits per heavy atom. The highest BCUT2D eigenvalue weighted by atomic mass is 32.5. The smallest absolute Gasteiger partial charge is 0.310 e. The van der Waals surface area contributed by atoms with Crippen LogP contribution in [0.25, 0.3) is 0 Å². The molecule has 1 aliphatic carbocycles. The van der Waals surface area contributed by atoms with Crippen LogP contribution in [0.1, 0.15) is 56.2 Å². The largest absolute Gasteiger partial charge is 0.389 e. The van der Waals surface area contributed by atoms with Gasteiger partial charge in [-0.15, -0.1) is 0 Å². The summed E-state index contributed by atoms with van der Waals surface area (Å²) in [6.07, 6.45) is 1.58. The molecule has 1 aliphatic heterocycles. The summed E-state index contributed by atoms with van der Waals surface area (Å²) in [4.78, 5) is 30.5. The van der Waals surface area contributed by atoms with Crippen LogP contribution in [0.3, 0.4) is 0 Å². The summed E-state index contributed by atoms with van der Waals surface area (Å²) in [6, 6.07) is -0.142. The third-order valence-corrected chi connectivity index (χ3v) is 8.58. The number of nitrogens with zero attached hydrogens (tertiary/aromatic N) is 2. The molecule has 2 aliphatic rings. The number of β-amino-alcohol motifs (C(OH)–C–C–N with tert-alkyl or cyclic N) is 1. The Morgan fingerprint density at radius 1 is 1.10 bits per heavy atom. The number of amides is 2. The second kappa shape index (κ2) is 9.83. The van der Waals surface area contributed by atoms with Crippen molar-refractivity contribution < 1.29 is 42.9 Å². The third-order valence-electron chi connectivity index (χ3n) is 7.41. The topological polar surface area (TPSA) is 94.6 Å². The molecule has 0 spiro atoms. The van der Waals surface area contributed by atoms with E-state index in [1.807, 2.05) is 0 Å². The quantitative estimate of drug-likeness (QED) is 0.337. The maximum atomic E-state index is 13.9. The van der Waals surface area contributed by atoms with E-state index < -0.39 is 69.4 Å². The highest BCUT2D eigenvalue weighted by Gasteiger charge is 2.65. The predicted octanol–water partition coefficient (Wildman–Crippen LogP) is 5.93. The van der Waals surface area contributed by atoms with Crippen LogP contribution in [0, 0.1) is 6.92 Å². The molecule has 1 saturated heterocycles. The molecule has 0 radical (unpaired) electrons. The monoisotopic (exact) mass is 612 g/mol. The summed E-state index contributed by atoms with van der Waals surface area (Å²) in [5, 5.41) is 15.9. The van der Waals surface area contributed by atoms with E-state index in [0.29, 0.717) is 17.7 Å². The van der Waals surface area contributed by atoms with Crippen LogP contribution in [0.15, 0.2) is 47.6 Å². The Kier molecular flexibility index (Phi) is 7.44. The Balaban J connectivity index is 1.80. The zero-order valence-corrected chi connectivity index (χ0v) is 23.0. The maximum absolute atomic E-state index is 13.9. The van der Waals surface area contributed by atoms with Crippen molar-refractivity contribution in [1.29, 1.82) is 0 Å². The molecule has 7 nitrogen and oxygen atoms in total. The molecule has 3 atom stereocenters. The first-order chi connectivity index (χ1) is 18.7. The molecule has 1 aromatic carbocycles. The Bertz CT molecular complexity index is 1310. The van der Waals surface area contributed by atoms with Crippen LogP contribution < -0.4 is 15.5 Å². The van der Waals surface area contributed by atoms with E-state index in [0.717, 1.165) is 4.90 Å². The van der Waals surface area contributed by atoms with E-state index in [1.165, 1.54) is 25.4 Å². The third kappa shape index (κ3) is 7.30. The maximum Gasteiger partial charge on any atom is 0.310 e. The average molecular weight is 613 g/mol. The van der Waals surface area contributed by atoms with Crippen LogP contribution in [0.4, 0.5) is 33.9 Å². The Hall–Kier alpha value is -2.91. The summed E-state index contributed by atoms with van der Waals surface area (Å²) in [5.41, 5.74) is -0.954. The van der Waals surface area contributed by atoms with Gasteiger partial charge in [-0.3, -0.25) is 19.5 Å². The molecule has 4 rings (SSSR count). The van der Waals surface area contributed by atoms with Crippen LogP contribution in [0.2, 0.25) is 0 Å². The summed E-state index contributed by atoms with van der Waals surface area (Å²) < 4.78 is 94.7. The first kappa shape index (κ1) is 31.0. The number of halogens is 7. The van der Waals surface area contributed by atoms with Gasteiger partial charge in [-0.1, -0.05) is 19.4 Å². The van der Waals surface area contributed by atoms with Gasteiger partial charge in [0, 0.05) is 55.5 Å². The lowest BCUT2D eigenvalue weighted by atomic mass is 9.91. The van der Waals surface area contributed by atoms with Crippen molar-refractivity contribution >= 4 is 27.7 Å². The van der Waals surface area contributed by atoms with Gasteiger partial charge >= 0.3 is 10.2 Å². The van der Waals surface area contributed by atoms with Crippen LogP contribution in [-0.2, 0) is 9.59 Å². The van der Waals surface area contributed by atoms with E-state index in [1.54, 1.807) is 6.92 Å². The fourth-order valence-corrected chi connectivity index (χ4v) is 5.81. The number of aliphatic hydroxyl groups is 1. The minimum Gasteiger partial charge on any atom is -0.389 e. The average Bonchev–Trinajstić information content (AvgIpc) is 3.22. The summed E-state index contributed by atoms with van der Waals surface area (Å²) in [7, 11) is -10.0. The zero-order chi connectivity index (χ0) is 30.5. The van der Waals surface area contributed by atoms with Crippen molar-refractivity contribution in [2.24, 2.45) is 0 Å². The number of nitrogens with one attached hydrogen (secondary N) is 2. The Morgan fingerprint density at radius 2 is 1.71 bits per heavy atom. The fourth-order valence-electron chi connectivity index (χ4n) is 5.16. The number of hydrogen-bond donors (Lipinski definition) is 3. The normalized spacial score (nSPS) is 25.6. The molecule has 1 unspecified atom stereocenters. The number of carbonyl (C=O) groups excluding carboxylic acids is 2. The summed E-state index contributed by atoms with van der Waals surface area (Å²) in [6.45, 7) is 3.08. The van der Waals surface area contributed by atoms with Gasteiger partial charge in [0.1, 0.15) is 10.9 Å². The van der Waals surface area contributed by atoms with Crippen molar-refractivity contribution in [2.45, 2.75) is 80.5 Å². The Labute approximate surface area is 232 Å². The van der Waals surface area contributed by atoms with Crippen molar-refractivity contribution in [3.8, 4) is 0 Å². The molecule has 1 saturated carbocycles. The molecule has 3 N–H and O–H groups in total. The SMILES string of the molecule is Cc1ccncc1C(C(=O)NC1CCC(F)(F)CC1)N(C(=O)[C@H]1C[C@@](C)(O)CN1)c1ccc(S(F)(F)(F)(F)F)cc1. The van der Waals surface area contributed by atoms with Crippen molar-refractivity contribution in [2.75, 3.05) is 11.4 Å². The fraction of sp³-hybridized carbons (Fsp3) is 0.500. The second-order valence-corrected chi connectivity index (χ2v) is 13.5. The molecular weight excluding hydrogens is 581 g/mol. The number of rotatable bonds is 7. The number of benzene rings is 1. The van der Waals surface area contributed by atoms with Gasteiger partial charge in [-0.2, -0.15) is 0 Å². The van der Waals surface area contributed by atoms with Crippen molar-refractivity contribution in [3.63, 3.8) is 0 Å². The van der Waals surface area contributed by atoms with Crippen LogP contribution in [0.5, 0.6) is 0 Å². The first-order valence-electron chi connectivity index (χ1n) is 12.9. The van der Waals surface area contributed by atoms with Crippen molar-refractivity contribution in [1.82, 2.24) is 15.6 Å². The van der Waals surface area contributed by atoms with Gasteiger partial charge in [0.15, 0.2) is 0 Å². The molecule has 2 aromatic rings. The molecule has 2 amide bonds. The number of alkyl halides is 2. The molecular formula is C26H31F7N4O3S. The molecule has 2 fully saturated rings. The lowest BCUT2D eigenvalue weighted by Gasteiger charge is -2.41. The lowest BCUT2D eigenvalue weighted by molar-refractivity contribution is -0.128. The van der Waals surface area contributed by atoms with E-state index >= 15 is 0 Å². The highest BCUT2D eigenvalue weighted by Crippen LogP contribution is 3.02. The number of pyridine rings is 1. The summed E-state index contributed by atoms with van der Waals surface area (Å²) in [5.74, 6) is -4.51. The predicted molar refractivity (Wildman–Crippen MR) is 139 cm³/mol. The molecule has 1 aromatic heterocycles. The van der Waals surface area contributed by atoms with E-state index in [4.69, 9.17) is 0 Å². The van der Waals surface area contributed by atoms with Crippen LogP contribution in [-0.4, -0.2) is 52.1 Å². The molecule has 228 valence electrons. The van der Waals surface area contributed by atoms with E-state index in [9.17, 15) is 42.9 Å². The number of aromatic nitrogens is 1. The summed E-state index contributed by atoms with van der Waals surface area (Å²) >= 11 is 0. The van der Waals surface area contributed by atoms with Gasteiger partial charge in [-0.25, -0.2) is 8.78 Å². The van der Waals surface area contributed by atoms with Gasteiger partial charge < -0.3 is 15.7 Å². The van der Waals surface area contributed by atoms with Crippen LogP contribution >= 0.6 is 10.2 Å². The van der Waals surface area contributed by atoms with Crippen molar-refractivity contribution in [3.05, 3.63) is 53.9 Å². The minimum atomic E-state index is -10.0. The molecule has 41 heavy (non-hydrogen) atoms.